The summed E-state index contributed by atoms with van der Waals surface area (Å²) >= 11 is 0. The molecule has 31 heavy (non-hydrogen) atoms. The first-order valence-corrected chi connectivity index (χ1v) is 12.0. The Kier molecular flexibility index (Phi) is 5.92. The SMILES string of the molecule is CS(=O)(=O)N1CCC(CNC(=O)c2ccc(NC(=O)N3Cc4ccncc4C3)cc2)C1. The second-order valence-electron chi connectivity index (χ2n) is 7.99. The predicted molar refractivity (Wildman–Crippen MR) is 116 cm³/mol. The molecular formula is C21H25N5O4S. The summed E-state index contributed by atoms with van der Waals surface area (Å²) in [6.45, 7) is 2.41. The van der Waals surface area contributed by atoms with Gasteiger partial charge in [-0.15, -0.1) is 0 Å². The van der Waals surface area contributed by atoms with Crippen molar-refractivity contribution in [2.24, 2.45) is 5.92 Å². The number of hydrogen-bond donors (Lipinski definition) is 2. The van der Waals surface area contributed by atoms with Gasteiger partial charge < -0.3 is 15.5 Å². The number of carbonyl (C=O) groups is 2. The Morgan fingerprint density at radius 1 is 1.13 bits per heavy atom. The summed E-state index contributed by atoms with van der Waals surface area (Å²) in [5.41, 5.74) is 3.23. The van der Waals surface area contributed by atoms with Crippen molar-refractivity contribution in [3.63, 3.8) is 0 Å². The molecule has 1 atom stereocenters. The highest BCUT2D eigenvalue weighted by atomic mass is 32.2. The van der Waals surface area contributed by atoms with Crippen molar-refractivity contribution >= 4 is 27.6 Å². The Balaban J connectivity index is 1.26. The predicted octanol–water partition coefficient (Wildman–Crippen LogP) is 1.64. The molecule has 2 N–H and O–H groups in total. The number of benzene rings is 1. The number of hydrogen-bond acceptors (Lipinski definition) is 5. The van der Waals surface area contributed by atoms with Crippen molar-refractivity contribution in [3.05, 3.63) is 59.4 Å². The van der Waals surface area contributed by atoms with E-state index in [1.165, 1.54) is 10.6 Å². The molecule has 4 rings (SSSR count). The maximum atomic E-state index is 12.5. The summed E-state index contributed by atoms with van der Waals surface area (Å²) in [5.74, 6) is -0.116. The van der Waals surface area contributed by atoms with Gasteiger partial charge in [0.1, 0.15) is 0 Å². The van der Waals surface area contributed by atoms with Crippen LogP contribution in [0.4, 0.5) is 10.5 Å². The van der Waals surface area contributed by atoms with Gasteiger partial charge in [0.2, 0.25) is 10.0 Å². The molecule has 1 aromatic carbocycles. The van der Waals surface area contributed by atoms with Crippen molar-refractivity contribution in [1.82, 2.24) is 19.5 Å². The van der Waals surface area contributed by atoms with E-state index in [4.69, 9.17) is 0 Å². The van der Waals surface area contributed by atoms with Gasteiger partial charge in [-0.1, -0.05) is 0 Å². The maximum absolute atomic E-state index is 12.5. The average molecular weight is 444 g/mol. The van der Waals surface area contributed by atoms with Crippen LogP contribution in [0.5, 0.6) is 0 Å². The molecular weight excluding hydrogens is 418 g/mol. The third-order valence-corrected chi connectivity index (χ3v) is 6.95. The number of sulfonamides is 1. The van der Waals surface area contributed by atoms with Crippen LogP contribution >= 0.6 is 0 Å². The molecule has 3 amide bonds. The molecule has 2 aliphatic heterocycles. The van der Waals surface area contributed by atoms with Crippen LogP contribution < -0.4 is 10.6 Å². The molecule has 164 valence electrons. The van der Waals surface area contributed by atoms with E-state index in [9.17, 15) is 18.0 Å². The second-order valence-corrected chi connectivity index (χ2v) is 9.98. The van der Waals surface area contributed by atoms with Crippen LogP contribution in [0.25, 0.3) is 0 Å². The lowest BCUT2D eigenvalue weighted by Crippen LogP contribution is -2.32. The van der Waals surface area contributed by atoms with Gasteiger partial charge in [0.15, 0.2) is 0 Å². The van der Waals surface area contributed by atoms with Gasteiger partial charge in [-0.3, -0.25) is 9.78 Å². The first-order chi connectivity index (χ1) is 14.8. The molecule has 1 saturated heterocycles. The molecule has 0 aliphatic carbocycles. The number of fused-ring (bicyclic) bond motifs is 1. The number of nitrogens with zero attached hydrogens (tertiary/aromatic N) is 3. The largest absolute Gasteiger partial charge is 0.352 e. The number of rotatable bonds is 5. The normalized spacial score (nSPS) is 18.6. The van der Waals surface area contributed by atoms with E-state index in [0.29, 0.717) is 44.0 Å². The van der Waals surface area contributed by atoms with Gasteiger partial charge in [0.25, 0.3) is 5.91 Å². The average Bonchev–Trinajstić information content (AvgIpc) is 3.39. The molecule has 0 bridgehead atoms. The number of aromatic nitrogens is 1. The Hall–Kier alpha value is -2.98. The van der Waals surface area contributed by atoms with Crippen molar-refractivity contribution in [2.45, 2.75) is 19.5 Å². The minimum Gasteiger partial charge on any atom is -0.352 e. The summed E-state index contributed by atoms with van der Waals surface area (Å²) in [6.07, 6.45) is 5.43. The summed E-state index contributed by atoms with van der Waals surface area (Å²) in [4.78, 5) is 30.7. The van der Waals surface area contributed by atoms with Crippen molar-refractivity contribution in [2.75, 3.05) is 31.2 Å². The van der Waals surface area contributed by atoms with E-state index in [1.54, 1.807) is 41.6 Å². The molecule has 2 aromatic rings. The van der Waals surface area contributed by atoms with Gasteiger partial charge in [-0.2, -0.15) is 0 Å². The van der Waals surface area contributed by atoms with Crippen molar-refractivity contribution in [3.8, 4) is 0 Å². The third kappa shape index (κ3) is 5.02. The minimum atomic E-state index is -3.18. The van der Waals surface area contributed by atoms with Crippen LogP contribution in [0.3, 0.4) is 0 Å². The molecule has 1 aromatic heterocycles. The Morgan fingerprint density at radius 2 is 1.87 bits per heavy atom. The first kappa shape index (κ1) is 21.3. The summed E-state index contributed by atoms with van der Waals surface area (Å²) in [5, 5.41) is 5.72. The number of anilines is 1. The lowest BCUT2D eigenvalue weighted by atomic mass is 10.1. The Bertz CT molecular complexity index is 1060. The molecule has 0 radical (unpaired) electrons. The lowest BCUT2D eigenvalue weighted by molar-refractivity contribution is 0.0948. The van der Waals surface area contributed by atoms with E-state index in [-0.39, 0.29) is 17.9 Å². The molecule has 9 nitrogen and oxygen atoms in total. The van der Waals surface area contributed by atoms with Gasteiger partial charge in [-0.25, -0.2) is 17.5 Å². The van der Waals surface area contributed by atoms with Gasteiger partial charge >= 0.3 is 6.03 Å². The van der Waals surface area contributed by atoms with Crippen LogP contribution in [0.15, 0.2) is 42.7 Å². The smallest absolute Gasteiger partial charge is 0.322 e. The van der Waals surface area contributed by atoms with Crippen LogP contribution in [0, 0.1) is 5.92 Å². The highest BCUT2D eigenvalue weighted by Gasteiger charge is 2.28. The van der Waals surface area contributed by atoms with Crippen LogP contribution in [0.1, 0.15) is 27.9 Å². The van der Waals surface area contributed by atoms with E-state index in [1.807, 2.05) is 6.07 Å². The highest BCUT2D eigenvalue weighted by molar-refractivity contribution is 7.88. The Morgan fingerprint density at radius 3 is 2.55 bits per heavy atom. The van der Waals surface area contributed by atoms with Crippen molar-refractivity contribution in [1.29, 1.82) is 0 Å². The minimum absolute atomic E-state index is 0.108. The zero-order chi connectivity index (χ0) is 22.0. The van der Waals surface area contributed by atoms with Gasteiger partial charge in [0, 0.05) is 56.4 Å². The number of nitrogens with one attached hydrogen (secondary N) is 2. The van der Waals surface area contributed by atoms with Crippen LogP contribution in [0.2, 0.25) is 0 Å². The zero-order valence-electron chi connectivity index (χ0n) is 17.2. The van der Waals surface area contributed by atoms with E-state index in [2.05, 4.69) is 15.6 Å². The Labute approximate surface area is 181 Å². The molecule has 1 unspecified atom stereocenters. The number of amides is 3. The molecule has 1 fully saturated rings. The van der Waals surface area contributed by atoms with Crippen LogP contribution in [-0.2, 0) is 23.1 Å². The lowest BCUT2D eigenvalue weighted by Gasteiger charge is -2.16. The van der Waals surface area contributed by atoms with E-state index in [0.717, 1.165) is 17.5 Å². The molecule has 0 spiro atoms. The fraction of sp³-hybridized carbons (Fsp3) is 0.381. The molecule has 3 heterocycles. The van der Waals surface area contributed by atoms with E-state index < -0.39 is 10.0 Å². The maximum Gasteiger partial charge on any atom is 0.322 e. The zero-order valence-corrected chi connectivity index (χ0v) is 18.1. The topological polar surface area (TPSA) is 112 Å². The first-order valence-electron chi connectivity index (χ1n) is 10.1. The molecule has 10 heteroatoms. The summed E-state index contributed by atoms with van der Waals surface area (Å²) in [6, 6.07) is 8.41. The molecule has 2 aliphatic rings. The quantitative estimate of drug-likeness (QED) is 0.730. The number of carbonyl (C=O) groups excluding carboxylic acids is 2. The fourth-order valence-electron chi connectivity index (χ4n) is 3.87. The monoisotopic (exact) mass is 443 g/mol. The number of urea groups is 1. The molecule has 0 saturated carbocycles. The highest BCUT2D eigenvalue weighted by Crippen LogP contribution is 2.22. The van der Waals surface area contributed by atoms with Crippen molar-refractivity contribution < 1.29 is 18.0 Å². The van der Waals surface area contributed by atoms with Crippen LogP contribution in [-0.4, -0.2) is 60.4 Å². The standard InChI is InChI=1S/C21H25N5O4S/c1-31(29,30)26-9-7-15(12-26)10-23-20(27)16-2-4-19(5-3-16)24-21(28)25-13-17-6-8-22-11-18(17)14-25/h2-6,8,11,15H,7,9-10,12-14H2,1H3,(H,23,27)(H,24,28). The van der Waals surface area contributed by atoms with Gasteiger partial charge in [0.05, 0.1) is 6.26 Å². The number of pyridine rings is 1. The summed E-state index contributed by atoms with van der Waals surface area (Å²) in [7, 11) is -3.18. The third-order valence-electron chi connectivity index (χ3n) is 5.68. The van der Waals surface area contributed by atoms with Gasteiger partial charge in [-0.05, 0) is 53.8 Å². The summed E-state index contributed by atoms with van der Waals surface area (Å²) < 4.78 is 24.6. The second kappa shape index (κ2) is 8.64. The van der Waals surface area contributed by atoms with E-state index >= 15 is 0 Å². The fourth-order valence-corrected chi connectivity index (χ4v) is 4.79.